The minimum absolute atomic E-state index is 0.0798. The molecule has 0 aromatic carbocycles. The van der Waals surface area contributed by atoms with Gasteiger partial charge in [-0.05, 0) is 41.0 Å². The van der Waals surface area contributed by atoms with Crippen LogP contribution in [0.25, 0.3) is 0 Å². The minimum Gasteiger partial charge on any atom is -0.392 e. The second kappa shape index (κ2) is 7.23. The standard InChI is InChI=1S/C18H32N4O2/c1-7-15(23)12-20-8-10-21(11-9-20)17(24)16-13(2)19-22(14(16)3)18(4,5)6/h15,23H,7-12H2,1-6H3/t15-/m0/s1. The molecule has 6 nitrogen and oxygen atoms in total. The van der Waals surface area contributed by atoms with Crippen molar-refractivity contribution in [3.8, 4) is 0 Å². The number of aliphatic hydroxyl groups excluding tert-OH is 1. The SMILES string of the molecule is CC[C@H](O)CN1CCN(C(=O)c2c(C)nn(C(C)(C)C)c2C)CC1. The highest BCUT2D eigenvalue weighted by Crippen LogP contribution is 2.23. The molecular formula is C18H32N4O2. The molecule has 1 N–H and O–H groups in total. The number of hydrogen-bond donors (Lipinski definition) is 1. The van der Waals surface area contributed by atoms with Crippen molar-refractivity contribution in [1.82, 2.24) is 19.6 Å². The van der Waals surface area contributed by atoms with Crippen LogP contribution >= 0.6 is 0 Å². The minimum atomic E-state index is -0.276. The summed E-state index contributed by atoms with van der Waals surface area (Å²) in [5.74, 6) is 0.0798. The first kappa shape index (κ1) is 18.9. The van der Waals surface area contributed by atoms with Crippen molar-refractivity contribution in [3.05, 3.63) is 17.0 Å². The fourth-order valence-electron chi connectivity index (χ4n) is 3.32. The summed E-state index contributed by atoms with van der Waals surface area (Å²) in [5, 5.41) is 14.4. The fourth-order valence-corrected chi connectivity index (χ4v) is 3.32. The molecule has 1 aromatic rings. The number of carbonyl (C=O) groups is 1. The third-order valence-electron chi connectivity index (χ3n) is 4.74. The van der Waals surface area contributed by atoms with Gasteiger partial charge >= 0.3 is 0 Å². The Labute approximate surface area is 145 Å². The molecule has 6 heteroatoms. The summed E-state index contributed by atoms with van der Waals surface area (Å²) in [6, 6.07) is 0. The molecule has 1 aliphatic heterocycles. The Morgan fingerprint density at radius 1 is 1.21 bits per heavy atom. The van der Waals surface area contributed by atoms with Gasteiger partial charge in [0.1, 0.15) is 0 Å². The Morgan fingerprint density at radius 2 is 1.79 bits per heavy atom. The van der Waals surface area contributed by atoms with E-state index >= 15 is 0 Å². The number of carbonyl (C=O) groups excluding carboxylic acids is 1. The van der Waals surface area contributed by atoms with Gasteiger partial charge in [-0.25, -0.2) is 0 Å². The molecule has 0 spiro atoms. The lowest BCUT2D eigenvalue weighted by molar-refractivity contribution is 0.0522. The number of amides is 1. The van der Waals surface area contributed by atoms with Gasteiger partial charge in [0.05, 0.1) is 22.9 Å². The molecule has 136 valence electrons. The zero-order valence-electron chi connectivity index (χ0n) is 16.0. The molecule has 2 rings (SSSR count). The fraction of sp³-hybridized carbons (Fsp3) is 0.778. The quantitative estimate of drug-likeness (QED) is 0.910. The molecule has 1 atom stereocenters. The monoisotopic (exact) mass is 336 g/mol. The second-order valence-electron chi connectivity index (χ2n) is 7.78. The highest BCUT2D eigenvalue weighted by Gasteiger charge is 2.29. The van der Waals surface area contributed by atoms with E-state index in [1.165, 1.54) is 0 Å². The number of β-amino-alcohol motifs (C(OH)–C–C–N with tert-alkyl or cyclic N) is 1. The maximum absolute atomic E-state index is 13.0. The van der Waals surface area contributed by atoms with E-state index in [0.717, 1.165) is 36.5 Å². The van der Waals surface area contributed by atoms with Gasteiger partial charge in [0.25, 0.3) is 5.91 Å². The van der Waals surface area contributed by atoms with Crippen molar-refractivity contribution in [1.29, 1.82) is 0 Å². The van der Waals surface area contributed by atoms with Crippen LogP contribution in [0, 0.1) is 13.8 Å². The van der Waals surface area contributed by atoms with E-state index in [9.17, 15) is 9.90 Å². The van der Waals surface area contributed by atoms with Crippen LogP contribution in [-0.4, -0.2) is 69.4 Å². The predicted octanol–water partition coefficient (Wildman–Crippen LogP) is 1.78. The number of aryl methyl sites for hydroxylation is 1. The van der Waals surface area contributed by atoms with Gasteiger partial charge in [-0.15, -0.1) is 0 Å². The van der Waals surface area contributed by atoms with Crippen LogP contribution in [0.15, 0.2) is 0 Å². The summed E-state index contributed by atoms with van der Waals surface area (Å²) < 4.78 is 1.95. The van der Waals surface area contributed by atoms with E-state index in [2.05, 4.69) is 30.8 Å². The Hall–Kier alpha value is -1.40. The van der Waals surface area contributed by atoms with Gasteiger partial charge in [0.15, 0.2) is 0 Å². The lowest BCUT2D eigenvalue weighted by Gasteiger charge is -2.35. The van der Waals surface area contributed by atoms with E-state index in [4.69, 9.17) is 0 Å². The van der Waals surface area contributed by atoms with Crippen LogP contribution in [0.3, 0.4) is 0 Å². The van der Waals surface area contributed by atoms with E-state index in [0.29, 0.717) is 19.6 Å². The van der Waals surface area contributed by atoms with Crippen molar-refractivity contribution in [2.24, 2.45) is 0 Å². The molecule has 2 heterocycles. The molecule has 1 aromatic heterocycles. The van der Waals surface area contributed by atoms with Crippen LogP contribution in [-0.2, 0) is 5.54 Å². The molecule has 1 fully saturated rings. The smallest absolute Gasteiger partial charge is 0.257 e. The average molecular weight is 336 g/mol. The van der Waals surface area contributed by atoms with Gasteiger partial charge in [-0.3, -0.25) is 14.4 Å². The first-order valence-electron chi connectivity index (χ1n) is 8.91. The summed E-state index contributed by atoms with van der Waals surface area (Å²) in [5.41, 5.74) is 2.35. The summed E-state index contributed by atoms with van der Waals surface area (Å²) in [4.78, 5) is 17.1. The molecular weight excluding hydrogens is 304 g/mol. The molecule has 0 saturated carbocycles. The van der Waals surface area contributed by atoms with Crippen molar-refractivity contribution < 1.29 is 9.90 Å². The molecule has 0 radical (unpaired) electrons. The molecule has 24 heavy (non-hydrogen) atoms. The second-order valence-corrected chi connectivity index (χ2v) is 7.78. The van der Waals surface area contributed by atoms with Gasteiger partial charge in [0, 0.05) is 38.4 Å². The highest BCUT2D eigenvalue weighted by molar-refractivity contribution is 5.96. The van der Waals surface area contributed by atoms with Crippen LogP contribution < -0.4 is 0 Å². The van der Waals surface area contributed by atoms with E-state index in [-0.39, 0.29) is 17.6 Å². The number of aliphatic hydroxyl groups is 1. The highest BCUT2D eigenvalue weighted by atomic mass is 16.3. The third-order valence-corrected chi connectivity index (χ3v) is 4.74. The number of hydrogen-bond acceptors (Lipinski definition) is 4. The Morgan fingerprint density at radius 3 is 2.25 bits per heavy atom. The molecule has 1 amide bonds. The van der Waals surface area contributed by atoms with E-state index < -0.39 is 0 Å². The third kappa shape index (κ3) is 3.98. The maximum Gasteiger partial charge on any atom is 0.257 e. The van der Waals surface area contributed by atoms with Crippen LogP contribution in [0.2, 0.25) is 0 Å². The van der Waals surface area contributed by atoms with Crippen molar-refractivity contribution in [2.75, 3.05) is 32.7 Å². The maximum atomic E-state index is 13.0. The molecule has 0 aliphatic carbocycles. The summed E-state index contributed by atoms with van der Waals surface area (Å²) in [7, 11) is 0. The molecule has 0 unspecified atom stereocenters. The van der Waals surface area contributed by atoms with Gasteiger partial charge in [-0.2, -0.15) is 5.10 Å². The van der Waals surface area contributed by atoms with Gasteiger partial charge in [0.2, 0.25) is 0 Å². The number of aromatic nitrogens is 2. The number of rotatable bonds is 4. The van der Waals surface area contributed by atoms with Crippen molar-refractivity contribution >= 4 is 5.91 Å². The van der Waals surface area contributed by atoms with E-state index in [1.54, 1.807) is 0 Å². The predicted molar refractivity (Wildman–Crippen MR) is 95.3 cm³/mol. The summed E-state index contributed by atoms with van der Waals surface area (Å²) in [6.45, 7) is 15.9. The van der Waals surface area contributed by atoms with Crippen LogP contribution in [0.4, 0.5) is 0 Å². The molecule has 0 bridgehead atoms. The largest absolute Gasteiger partial charge is 0.392 e. The van der Waals surface area contributed by atoms with E-state index in [1.807, 2.05) is 30.4 Å². The number of nitrogens with zero attached hydrogens (tertiary/aromatic N) is 4. The number of piperazine rings is 1. The zero-order valence-corrected chi connectivity index (χ0v) is 16.0. The Balaban J connectivity index is 2.08. The average Bonchev–Trinajstić information content (AvgIpc) is 2.82. The Bertz CT molecular complexity index is 581. The summed E-state index contributed by atoms with van der Waals surface area (Å²) in [6.07, 6.45) is 0.491. The molecule has 1 saturated heterocycles. The normalized spacial score (nSPS) is 18.0. The zero-order chi connectivity index (χ0) is 18.1. The Kier molecular flexibility index (Phi) is 5.71. The van der Waals surface area contributed by atoms with Crippen LogP contribution in [0.5, 0.6) is 0 Å². The summed E-state index contributed by atoms with van der Waals surface area (Å²) >= 11 is 0. The lowest BCUT2D eigenvalue weighted by atomic mass is 10.1. The lowest BCUT2D eigenvalue weighted by Crippen LogP contribution is -2.50. The first-order valence-corrected chi connectivity index (χ1v) is 8.91. The van der Waals surface area contributed by atoms with Crippen molar-refractivity contribution in [3.63, 3.8) is 0 Å². The first-order chi connectivity index (χ1) is 11.1. The van der Waals surface area contributed by atoms with Crippen molar-refractivity contribution in [2.45, 2.75) is 59.6 Å². The topological polar surface area (TPSA) is 61.6 Å². The molecule has 1 aliphatic rings. The van der Waals surface area contributed by atoms with Gasteiger partial charge < -0.3 is 10.0 Å². The van der Waals surface area contributed by atoms with Gasteiger partial charge in [-0.1, -0.05) is 6.92 Å². The van der Waals surface area contributed by atoms with Crippen LogP contribution in [0.1, 0.15) is 55.9 Å².